The second kappa shape index (κ2) is 6.05. The summed E-state index contributed by atoms with van der Waals surface area (Å²) in [6, 6.07) is 5.75. The van der Waals surface area contributed by atoms with Crippen LogP contribution in [0.2, 0.25) is 5.02 Å². The SMILES string of the molecule is Cc1c(Cl)cccc1N/C=C1\CCCCCC1=O. The molecule has 0 heterocycles. The minimum Gasteiger partial charge on any atom is -0.361 e. The zero-order chi connectivity index (χ0) is 13.0. The van der Waals surface area contributed by atoms with E-state index in [0.717, 1.165) is 47.5 Å². The molecule has 1 saturated carbocycles. The Kier molecular flexibility index (Phi) is 4.43. The van der Waals surface area contributed by atoms with Crippen LogP contribution in [-0.2, 0) is 4.79 Å². The molecule has 0 aromatic heterocycles. The van der Waals surface area contributed by atoms with Crippen LogP contribution in [0.25, 0.3) is 0 Å². The Labute approximate surface area is 113 Å². The van der Waals surface area contributed by atoms with Crippen molar-refractivity contribution >= 4 is 23.1 Å². The van der Waals surface area contributed by atoms with Gasteiger partial charge in [0.15, 0.2) is 5.78 Å². The summed E-state index contributed by atoms with van der Waals surface area (Å²) in [6.07, 6.45) is 6.69. The van der Waals surface area contributed by atoms with E-state index in [1.54, 1.807) is 0 Å². The summed E-state index contributed by atoms with van der Waals surface area (Å²) in [5.41, 5.74) is 2.89. The monoisotopic (exact) mass is 263 g/mol. The van der Waals surface area contributed by atoms with Crippen molar-refractivity contribution in [3.63, 3.8) is 0 Å². The van der Waals surface area contributed by atoms with Gasteiger partial charge in [0, 0.05) is 28.9 Å². The summed E-state index contributed by atoms with van der Waals surface area (Å²) < 4.78 is 0. The fourth-order valence-corrected chi connectivity index (χ4v) is 2.33. The third-order valence-electron chi connectivity index (χ3n) is 3.38. The van der Waals surface area contributed by atoms with E-state index in [1.807, 2.05) is 31.3 Å². The van der Waals surface area contributed by atoms with Gasteiger partial charge in [-0.2, -0.15) is 0 Å². The standard InChI is InChI=1S/C15H18ClNO/c1-11-13(16)7-5-8-14(11)17-10-12-6-3-2-4-9-15(12)18/h5,7-8,10,17H,2-4,6,9H2,1H3/b12-10+. The van der Waals surface area contributed by atoms with Gasteiger partial charge in [0.05, 0.1) is 0 Å². The third-order valence-corrected chi connectivity index (χ3v) is 3.79. The Morgan fingerprint density at radius 3 is 2.83 bits per heavy atom. The van der Waals surface area contributed by atoms with Crippen molar-refractivity contribution < 1.29 is 4.79 Å². The molecule has 2 rings (SSSR count). The van der Waals surface area contributed by atoms with Gasteiger partial charge >= 0.3 is 0 Å². The second-order valence-corrected chi connectivity index (χ2v) is 5.12. The van der Waals surface area contributed by atoms with Crippen LogP contribution in [0.3, 0.4) is 0 Å². The Morgan fingerprint density at radius 1 is 1.22 bits per heavy atom. The number of rotatable bonds is 2. The maximum absolute atomic E-state index is 11.9. The van der Waals surface area contributed by atoms with Crippen molar-refractivity contribution in [2.75, 3.05) is 5.32 Å². The van der Waals surface area contributed by atoms with Gasteiger partial charge in [-0.15, -0.1) is 0 Å². The highest BCUT2D eigenvalue weighted by atomic mass is 35.5. The van der Waals surface area contributed by atoms with Crippen molar-refractivity contribution in [3.8, 4) is 0 Å². The van der Waals surface area contributed by atoms with E-state index in [2.05, 4.69) is 5.32 Å². The Hall–Kier alpha value is -1.28. The van der Waals surface area contributed by atoms with Gasteiger partial charge in [-0.05, 0) is 43.9 Å². The number of hydrogen-bond acceptors (Lipinski definition) is 2. The number of Topliss-reactive ketones (excluding diaryl/α,β-unsaturated/α-hetero) is 1. The third kappa shape index (κ3) is 3.14. The minimum atomic E-state index is 0.277. The molecule has 1 aliphatic carbocycles. The summed E-state index contributed by atoms with van der Waals surface area (Å²) in [4.78, 5) is 11.9. The van der Waals surface area contributed by atoms with E-state index in [9.17, 15) is 4.79 Å². The molecule has 18 heavy (non-hydrogen) atoms. The molecule has 0 aliphatic heterocycles. The number of anilines is 1. The van der Waals surface area contributed by atoms with Crippen LogP contribution in [0.4, 0.5) is 5.69 Å². The van der Waals surface area contributed by atoms with Crippen LogP contribution in [0.1, 0.15) is 37.7 Å². The van der Waals surface area contributed by atoms with Gasteiger partial charge < -0.3 is 5.32 Å². The van der Waals surface area contributed by atoms with Gasteiger partial charge in [-0.25, -0.2) is 0 Å². The van der Waals surface area contributed by atoms with E-state index in [0.29, 0.717) is 6.42 Å². The van der Waals surface area contributed by atoms with Crippen LogP contribution < -0.4 is 5.32 Å². The summed E-state index contributed by atoms with van der Waals surface area (Å²) in [5.74, 6) is 0.277. The molecule has 0 spiro atoms. The quantitative estimate of drug-likeness (QED) is 0.630. The Balaban J connectivity index is 2.13. The molecule has 96 valence electrons. The number of halogens is 1. The number of benzene rings is 1. The molecule has 0 unspecified atom stereocenters. The van der Waals surface area contributed by atoms with Crippen LogP contribution in [-0.4, -0.2) is 5.78 Å². The van der Waals surface area contributed by atoms with Crippen LogP contribution >= 0.6 is 11.6 Å². The van der Waals surface area contributed by atoms with E-state index in [-0.39, 0.29) is 5.78 Å². The largest absolute Gasteiger partial charge is 0.361 e. The number of nitrogens with one attached hydrogen (secondary N) is 1. The van der Waals surface area contributed by atoms with Crippen LogP contribution in [0, 0.1) is 6.92 Å². The van der Waals surface area contributed by atoms with E-state index < -0.39 is 0 Å². The zero-order valence-corrected chi connectivity index (χ0v) is 11.4. The van der Waals surface area contributed by atoms with E-state index in [1.165, 1.54) is 0 Å². The van der Waals surface area contributed by atoms with Gasteiger partial charge in [0.2, 0.25) is 0 Å². The number of carbonyl (C=O) groups is 1. The second-order valence-electron chi connectivity index (χ2n) is 4.71. The van der Waals surface area contributed by atoms with E-state index in [4.69, 9.17) is 11.6 Å². The maximum atomic E-state index is 11.9. The first kappa shape index (κ1) is 13.2. The minimum absolute atomic E-state index is 0.277. The fourth-order valence-electron chi connectivity index (χ4n) is 2.16. The van der Waals surface area contributed by atoms with Gasteiger partial charge in [0.25, 0.3) is 0 Å². The molecular weight excluding hydrogens is 246 g/mol. The van der Waals surface area contributed by atoms with Crippen LogP contribution in [0.5, 0.6) is 0 Å². The number of hydrogen-bond donors (Lipinski definition) is 1. The van der Waals surface area contributed by atoms with Crippen LogP contribution in [0.15, 0.2) is 30.0 Å². The topological polar surface area (TPSA) is 29.1 Å². The average molecular weight is 264 g/mol. The number of ketones is 1. The molecule has 0 saturated heterocycles. The highest BCUT2D eigenvalue weighted by molar-refractivity contribution is 6.31. The highest BCUT2D eigenvalue weighted by Crippen LogP contribution is 2.24. The first-order valence-electron chi connectivity index (χ1n) is 6.42. The molecule has 1 aromatic carbocycles. The van der Waals surface area contributed by atoms with Gasteiger partial charge in [-0.3, -0.25) is 4.79 Å². The Bertz CT molecular complexity index is 479. The predicted molar refractivity (Wildman–Crippen MR) is 76.0 cm³/mol. The molecule has 0 amide bonds. The molecular formula is C15H18ClNO. The molecule has 1 aromatic rings. The average Bonchev–Trinajstić information content (AvgIpc) is 2.56. The fraction of sp³-hybridized carbons (Fsp3) is 0.400. The Morgan fingerprint density at radius 2 is 2.00 bits per heavy atom. The molecule has 0 bridgehead atoms. The molecule has 1 fully saturated rings. The predicted octanol–water partition coefficient (Wildman–Crippen LogP) is 4.48. The van der Waals surface area contributed by atoms with Crippen molar-refractivity contribution in [1.82, 2.24) is 0 Å². The lowest BCUT2D eigenvalue weighted by atomic mass is 10.1. The molecule has 0 radical (unpaired) electrons. The smallest absolute Gasteiger partial charge is 0.160 e. The highest BCUT2D eigenvalue weighted by Gasteiger charge is 2.13. The lowest BCUT2D eigenvalue weighted by molar-refractivity contribution is -0.115. The number of carbonyl (C=O) groups excluding carboxylic acids is 1. The number of allylic oxidation sites excluding steroid dienone is 1. The summed E-state index contributed by atoms with van der Waals surface area (Å²) in [5, 5.41) is 3.96. The molecule has 0 atom stereocenters. The van der Waals surface area contributed by atoms with Gasteiger partial charge in [-0.1, -0.05) is 24.1 Å². The first-order valence-corrected chi connectivity index (χ1v) is 6.80. The zero-order valence-electron chi connectivity index (χ0n) is 10.6. The van der Waals surface area contributed by atoms with Crippen molar-refractivity contribution in [1.29, 1.82) is 0 Å². The lowest BCUT2D eigenvalue weighted by Gasteiger charge is -2.08. The van der Waals surface area contributed by atoms with Crippen molar-refractivity contribution in [3.05, 3.63) is 40.6 Å². The van der Waals surface area contributed by atoms with E-state index >= 15 is 0 Å². The van der Waals surface area contributed by atoms with Gasteiger partial charge in [0.1, 0.15) is 0 Å². The van der Waals surface area contributed by atoms with Crippen molar-refractivity contribution in [2.45, 2.75) is 39.0 Å². The molecule has 3 heteroatoms. The maximum Gasteiger partial charge on any atom is 0.160 e. The van der Waals surface area contributed by atoms with Crippen molar-refractivity contribution in [2.24, 2.45) is 0 Å². The first-order chi connectivity index (χ1) is 8.68. The summed E-state index contributed by atoms with van der Waals surface area (Å²) >= 11 is 6.06. The summed E-state index contributed by atoms with van der Waals surface area (Å²) in [7, 11) is 0. The normalized spacial score (nSPS) is 18.8. The summed E-state index contributed by atoms with van der Waals surface area (Å²) in [6.45, 7) is 1.97. The molecule has 2 nitrogen and oxygen atoms in total. The molecule has 1 N–H and O–H groups in total. The molecule has 1 aliphatic rings. The lowest BCUT2D eigenvalue weighted by Crippen LogP contribution is -2.03.